The summed E-state index contributed by atoms with van der Waals surface area (Å²) in [5, 5.41) is 3.40. The molecule has 9 heteroatoms. The third-order valence-corrected chi connectivity index (χ3v) is 4.10. The molecular weight excluding hydrogens is 348 g/mol. The number of nitrogens with zero attached hydrogens (tertiary/aromatic N) is 5. The van der Waals surface area contributed by atoms with E-state index in [0.717, 1.165) is 11.2 Å². The Morgan fingerprint density at radius 3 is 2.59 bits per heavy atom. The van der Waals surface area contributed by atoms with Crippen LogP contribution in [0.1, 0.15) is 20.8 Å². The molecule has 1 N–H and O–H groups in total. The number of piperazine rings is 1. The number of carbonyl (C=O) groups is 2. The molecule has 0 aliphatic carbocycles. The van der Waals surface area contributed by atoms with Gasteiger partial charge in [-0.2, -0.15) is 0 Å². The zero-order valence-electron chi connectivity index (χ0n) is 15.8. The summed E-state index contributed by atoms with van der Waals surface area (Å²) in [7, 11) is 0. The van der Waals surface area contributed by atoms with Gasteiger partial charge < -0.3 is 19.9 Å². The predicted octanol–water partition coefficient (Wildman–Crippen LogP) is 1.20. The monoisotopic (exact) mass is 372 g/mol. The number of ether oxygens (including phenoxy) is 1. The van der Waals surface area contributed by atoms with Crippen LogP contribution in [0, 0.1) is 0 Å². The summed E-state index contributed by atoms with van der Waals surface area (Å²) < 4.78 is 5.14. The van der Waals surface area contributed by atoms with Crippen LogP contribution in [-0.4, -0.2) is 70.2 Å². The summed E-state index contributed by atoms with van der Waals surface area (Å²) in [6, 6.07) is 3.80. The minimum Gasteiger partial charge on any atom is -0.444 e. The van der Waals surface area contributed by atoms with Crippen molar-refractivity contribution in [2.75, 3.05) is 37.6 Å². The molecule has 27 heavy (non-hydrogen) atoms. The molecule has 9 nitrogen and oxygen atoms in total. The third kappa shape index (κ3) is 4.81. The minimum atomic E-state index is -0.589. The Balaban J connectivity index is 1.54. The fourth-order valence-electron chi connectivity index (χ4n) is 2.88. The second-order valence-electron chi connectivity index (χ2n) is 7.30. The number of nitrogens with one attached hydrogen (secondary N) is 1. The van der Waals surface area contributed by atoms with Gasteiger partial charge in [0.2, 0.25) is 5.91 Å². The minimum absolute atomic E-state index is 0.0741. The van der Waals surface area contributed by atoms with Crippen LogP contribution in [0.4, 0.5) is 10.6 Å². The van der Waals surface area contributed by atoms with E-state index in [0.29, 0.717) is 31.8 Å². The fraction of sp³-hybridized carbons (Fsp3) is 0.500. The number of hydrogen-bond acceptors (Lipinski definition) is 7. The van der Waals surface area contributed by atoms with Gasteiger partial charge in [0.25, 0.3) is 0 Å². The van der Waals surface area contributed by atoms with Gasteiger partial charge in [-0.05, 0) is 32.9 Å². The van der Waals surface area contributed by atoms with Crippen LogP contribution in [0.2, 0.25) is 0 Å². The van der Waals surface area contributed by atoms with Gasteiger partial charge in [0.05, 0.1) is 5.39 Å². The topological polar surface area (TPSA) is 101 Å². The Hall–Kier alpha value is -2.97. The molecule has 0 atom stereocenters. The van der Waals surface area contributed by atoms with Crippen LogP contribution in [0.25, 0.3) is 11.0 Å². The molecule has 0 unspecified atom stereocenters. The number of pyridine rings is 1. The van der Waals surface area contributed by atoms with Crippen LogP contribution in [-0.2, 0) is 9.53 Å². The molecule has 0 aromatic carbocycles. The maximum Gasteiger partial charge on any atom is 0.408 e. The lowest BCUT2D eigenvalue weighted by Gasteiger charge is -2.35. The molecule has 0 saturated carbocycles. The number of amides is 2. The average molecular weight is 372 g/mol. The van der Waals surface area contributed by atoms with Gasteiger partial charge in [0.15, 0.2) is 5.65 Å². The highest BCUT2D eigenvalue weighted by atomic mass is 16.6. The van der Waals surface area contributed by atoms with Crippen LogP contribution in [0.5, 0.6) is 0 Å². The molecule has 1 aliphatic rings. The lowest BCUT2D eigenvalue weighted by Crippen LogP contribution is -2.51. The van der Waals surface area contributed by atoms with Gasteiger partial charge in [-0.1, -0.05) is 0 Å². The number of carbonyl (C=O) groups excluding carboxylic acids is 2. The molecule has 144 valence electrons. The predicted molar refractivity (Wildman–Crippen MR) is 100 cm³/mol. The van der Waals surface area contributed by atoms with Crippen molar-refractivity contribution in [3.05, 3.63) is 24.7 Å². The molecule has 1 saturated heterocycles. The largest absolute Gasteiger partial charge is 0.444 e. The molecule has 1 aliphatic heterocycles. The first-order valence-electron chi connectivity index (χ1n) is 8.89. The lowest BCUT2D eigenvalue weighted by molar-refractivity contribution is -0.130. The van der Waals surface area contributed by atoms with Crippen molar-refractivity contribution in [2.24, 2.45) is 0 Å². The Morgan fingerprint density at radius 2 is 1.89 bits per heavy atom. The van der Waals surface area contributed by atoms with E-state index < -0.39 is 11.7 Å². The summed E-state index contributed by atoms with van der Waals surface area (Å²) in [6.07, 6.45) is 2.62. The first-order chi connectivity index (χ1) is 12.8. The van der Waals surface area contributed by atoms with Gasteiger partial charge in [-0.3, -0.25) is 4.79 Å². The van der Waals surface area contributed by atoms with Crippen molar-refractivity contribution >= 4 is 28.9 Å². The standard InChI is InChI=1S/C18H24N6O3/c1-18(2,3)27-17(26)20-11-14(25)23-7-9-24(10-8-23)16-13-5-4-6-19-15(13)21-12-22-16/h4-6,12H,7-11H2,1-3H3,(H,20,26). The molecule has 1 fully saturated rings. The van der Waals surface area contributed by atoms with E-state index in [1.165, 1.54) is 6.33 Å². The maximum absolute atomic E-state index is 12.3. The number of aromatic nitrogens is 3. The third-order valence-electron chi connectivity index (χ3n) is 4.10. The second-order valence-corrected chi connectivity index (χ2v) is 7.30. The van der Waals surface area contributed by atoms with E-state index in [9.17, 15) is 9.59 Å². The summed E-state index contributed by atoms with van der Waals surface area (Å²) >= 11 is 0. The van der Waals surface area contributed by atoms with Gasteiger partial charge in [0, 0.05) is 32.4 Å². The van der Waals surface area contributed by atoms with Gasteiger partial charge in [-0.15, -0.1) is 0 Å². The van der Waals surface area contributed by atoms with E-state index in [4.69, 9.17) is 4.74 Å². The van der Waals surface area contributed by atoms with Crippen molar-refractivity contribution in [3.8, 4) is 0 Å². The van der Waals surface area contributed by atoms with Gasteiger partial charge >= 0.3 is 6.09 Å². The zero-order chi connectivity index (χ0) is 19.4. The maximum atomic E-state index is 12.3. The van der Waals surface area contributed by atoms with Gasteiger partial charge in [-0.25, -0.2) is 19.7 Å². The first-order valence-corrected chi connectivity index (χ1v) is 8.89. The number of rotatable bonds is 3. The van der Waals surface area contributed by atoms with E-state index in [1.54, 1.807) is 31.9 Å². The summed E-state index contributed by atoms with van der Waals surface area (Å²) in [5.41, 5.74) is 0.0658. The molecule has 3 heterocycles. The number of alkyl carbamates (subject to hydrolysis) is 1. The first kappa shape index (κ1) is 18.8. The van der Waals surface area contributed by atoms with Crippen LogP contribution < -0.4 is 10.2 Å². The SMILES string of the molecule is CC(C)(C)OC(=O)NCC(=O)N1CCN(c2ncnc3ncccc23)CC1. The van der Waals surface area contributed by atoms with Crippen molar-refractivity contribution < 1.29 is 14.3 Å². The van der Waals surface area contributed by atoms with Crippen molar-refractivity contribution in [2.45, 2.75) is 26.4 Å². The fourth-order valence-corrected chi connectivity index (χ4v) is 2.88. The van der Waals surface area contributed by atoms with Crippen LogP contribution >= 0.6 is 0 Å². The smallest absolute Gasteiger partial charge is 0.408 e. The highest BCUT2D eigenvalue weighted by molar-refractivity contribution is 5.87. The zero-order valence-corrected chi connectivity index (χ0v) is 15.8. The van der Waals surface area contributed by atoms with E-state index in [2.05, 4.69) is 25.2 Å². The Bertz CT molecular complexity index is 822. The normalized spacial score (nSPS) is 14.9. The highest BCUT2D eigenvalue weighted by Crippen LogP contribution is 2.22. The highest BCUT2D eigenvalue weighted by Gasteiger charge is 2.24. The molecular formula is C18H24N6O3. The molecule has 2 amide bonds. The average Bonchev–Trinajstić information content (AvgIpc) is 2.64. The van der Waals surface area contributed by atoms with E-state index >= 15 is 0 Å². The summed E-state index contributed by atoms with van der Waals surface area (Å²) in [5.74, 6) is 0.696. The second kappa shape index (κ2) is 7.73. The van der Waals surface area contributed by atoms with E-state index in [-0.39, 0.29) is 12.5 Å². The number of fused-ring (bicyclic) bond motifs is 1. The quantitative estimate of drug-likeness (QED) is 0.864. The van der Waals surface area contributed by atoms with Crippen LogP contribution in [0.15, 0.2) is 24.7 Å². The Kier molecular flexibility index (Phi) is 5.38. The molecule has 3 rings (SSSR count). The summed E-state index contributed by atoms with van der Waals surface area (Å²) in [4.78, 5) is 40.7. The Labute approximate surface area is 157 Å². The number of anilines is 1. The van der Waals surface area contributed by atoms with Crippen molar-refractivity contribution in [1.29, 1.82) is 0 Å². The molecule has 2 aromatic rings. The van der Waals surface area contributed by atoms with Crippen molar-refractivity contribution in [3.63, 3.8) is 0 Å². The lowest BCUT2D eigenvalue weighted by atomic mass is 10.2. The molecule has 0 radical (unpaired) electrons. The molecule has 0 bridgehead atoms. The summed E-state index contributed by atoms with van der Waals surface area (Å²) in [6.45, 7) is 7.68. The van der Waals surface area contributed by atoms with E-state index in [1.807, 2.05) is 12.1 Å². The Morgan fingerprint density at radius 1 is 1.15 bits per heavy atom. The number of hydrogen-bond donors (Lipinski definition) is 1. The van der Waals surface area contributed by atoms with Crippen molar-refractivity contribution in [1.82, 2.24) is 25.2 Å². The van der Waals surface area contributed by atoms with Crippen LogP contribution in [0.3, 0.4) is 0 Å². The molecule has 2 aromatic heterocycles. The molecule has 0 spiro atoms. The van der Waals surface area contributed by atoms with Gasteiger partial charge in [0.1, 0.15) is 24.3 Å².